The van der Waals surface area contributed by atoms with Crippen LogP contribution in [-0.4, -0.2) is 18.8 Å². The van der Waals surface area contributed by atoms with Gasteiger partial charge >= 0.3 is 0 Å². The van der Waals surface area contributed by atoms with Crippen LogP contribution in [0.5, 0.6) is 5.75 Å². The van der Waals surface area contributed by atoms with Crippen molar-refractivity contribution in [3.8, 4) is 5.75 Å². The van der Waals surface area contributed by atoms with Gasteiger partial charge in [-0.15, -0.1) is 11.8 Å². The number of benzene rings is 3. The average Bonchev–Trinajstić information content (AvgIpc) is 2.70. The Hall–Kier alpha value is -2.72. The van der Waals surface area contributed by atoms with E-state index in [-0.39, 0.29) is 11.2 Å². The monoisotopic (exact) mass is 377 g/mol. The molecule has 1 N–H and O–H groups in total. The molecule has 27 heavy (non-hydrogen) atoms. The maximum absolute atomic E-state index is 12.6. The van der Waals surface area contributed by atoms with Gasteiger partial charge in [0.05, 0.1) is 23.8 Å². The summed E-state index contributed by atoms with van der Waals surface area (Å²) in [5.74, 6) is 0.980. The highest BCUT2D eigenvalue weighted by Gasteiger charge is 2.17. The van der Waals surface area contributed by atoms with Crippen molar-refractivity contribution >= 4 is 23.4 Å². The number of rotatable bonds is 7. The zero-order chi connectivity index (χ0) is 19.1. The summed E-state index contributed by atoms with van der Waals surface area (Å²) in [6.07, 6.45) is 0. The molecule has 0 aliphatic carbocycles. The number of nitrogens with one attached hydrogen (secondary N) is 1. The van der Waals surface area contributed by atoms with Gasteiger partial charge in [-0.1, -0.05) is 66.7 Å². The normalized spacial score (nSPS) is 10.6. The molecule has 0 atom stereocenters. The summed E-state index contributed by atoms with van der Waals surface area (Å²) in [6.45, 7) is 1.99. The van der Waals surface area contributed by atoms with E-state index in [4.69, 9.17) is 4.74 Å². The van der Waals surface area contributed by atoms with Gasteiger partial charge in [-0.2, -0.15) is 0 Å². The van der Waals surface area contributed by atoms with Crippen molar-refractivity contribution in [3.63, 3.8) is 0 Å². The van der Waals surface area contributed by atoms with Crippen molar-refractivity contribution in [2.24, 2.45) is 0 Å². The Morgan fingerprint density at radius 3 is 2.11 bits per heavy atom. The first-order valence-electron chi connectivity index (χ1n) is 8.83. The molecule has 3 aromatic rings. The van der Waals surface area contributed by atoms with Gasteiger partial charge in [0, 0.05) is 0 Å². The Morgan fingerprint density at radius 1 is 0.963 bits per heavy atom. The van der Waals surface area contributed by atoms with Crippen molar-refractivity contribution in [1.29, 1.82) is 0 Å². The first kappa shape index (κ1) is 19.1. The first-order chi connectivity index (χ1) is 13.2. The Morgan fingerprint density at radius 2 is 1.56 bits per heavy atom. The van der Waals surface area contributed by atoms with E-state index in [9.17, 15) is 4.79 Å². The third kappa shape index (κ3) is 5.14. The third-order valence-corrected chi connectivity index (χ3v) is 5.52. The zero-order valence-electron chi connectivity index (χ0n) is 15.5. The summed E-state index contributed by atoms with van der Waals surface area (Å²) in [4.78, 5) is 12.6. The fraction of sp³-hybridized carbons (Fsp3) is 0.174. The van der Waals surface area contributed by atoms with Crippen LogP contribution in [0, 0.1) is 6.92 Å². The molecule has 0 saturated carbocycles. The standard InChI is InChI=1S/C23H23NO2S/c1-17-13-14-21(26-2)20(15-17)24-22(25)16-27-23(18-9-5-3-6-10-18)19-11-7-4-8-12-19/h3-15,23H,16H2,1-2H3,(H,24,25). The van der Waals surface area contributed by atoms with Crippen LogP contribution in [0.2, 0.25) is 0 Å². The van der Waals surface area contributed by atoms with E-state index in [2.05, 4.69) is 29.6 Å². The second kappa shape index (κ2) is 9.28. The van der Waals surface area contributed by atoms with E-state index in [1.54, 1.807) is 18.9 Å². The van der Waals surface area contributed by atoms with E-state index >= 15 is 0 Å². The molecule has 0 radical (unpaired) electrons. The van der Waals surface area contributed by atoms with Crippen molar-refractivity contribution < 1.29 is 9.53 Å². The largest absolute Gasteiger partial charge is 0.495 e. The van der Waals surface area contributed by atoms with Crippen molar-refractivity contribution in [2.45, 2.75) is 12.2 Å². The molecule has 0 spiro atoms. The van der Waals surface area contributed by atoms with Crippen LogP contribution in [0.3, 0.4) is 0 Å². The minimum atomic E-state index is -0.0410. The van der Waals surface area contributed by atoms with Crippen molar-refractivity contribution in [1.82, 2.24) is 0 Å². The molecule has 1 amide bonds. The van der Waals surface area contributed by atoms with Crippen LogP contribution >= 0.6 is 11.8 Å². The quantitative estimate of drug-likeness (QED) is 0.594. The van der Waals surface area contributed by atoms with Crippen LogP contribution in [0.15, 0.2) is 78.9 Å². The highest BCUT2D eigenvalue weighted by atomic mass is 32.2. The Bertz CT molecular complexity index is 842. The molecule has 0 aliphatic heterocycles. The van der Waals surface area contributed by atoms with Crippen molar-refractivity contribution in [3.05, 3.63) is 95.6 Å². The first-order valence-corrected chi connectivity index (χ1v) is 9.88. The molecule has 0 bridgehead atoms. The molecular weight excluding hydrogens is 354 g/mol. The lowest BCUT2D eigenvalue weighted by atomic mass is 10.0. The van der Waals surface area contributed by atoms with E-state index in [0.29, 0.717) is 17.2 Å². The van der Waals surface area contributed by atoms with E-state index in [1.807, 2.05) is 61.5 Å². The number of ether oxygens (including phenoxy) is 1. The van der Waals surface area contributed by atoms with Crippen LogP contribution < -0.4 is 10.1 Å². The van der Waals surface area contributed by atoms with Gasteiger partial charge in [-0.25, -0.2) is 0 Å². The van der Waals surface area contributed by atoms with Crippen LogP contribution in [0.4, 0.5) is 5.69 Å². The molecule has 0 unspecified atom stereocenters. The van der Waals surface area contributed by atoms with Crippen LogP contribution in [0.25, 0.3) is 0 Å². The Labute approximate surface area is 164 Å². The number of carbonyl (C=O) groups is 1. The predicted octanol–water partition coefficient (Wildman–Crippen LogP) is 5.46. The second-order valence-corrected chi connectivity index (χ2v) is 7.36. The van der Waals surface area contributed by atoms with Gasteiger partial charge < -0.3 is 10.1 Å². The van der Waals surface area contributed by atoms with E-state index in [0.717, 1.165) is 5.56 Å². The maximum atomic E-state index is 12.6. The number of anilines is 1. The summed E-state index contributed by atoms with van der Waals surface area (Å²) in [6, 6.07) is 26.3. The van der Waals surface area contributed by atoms with E-state index in [1.165, 1.54) is 11.1 Å². The highest BCUT2D eigenvalue weighted by Crippen LogP contribution is 2.35. The van der Waals surface area contributed by atoms with Gasteiger partial charge in [0.1, 0.15) is 5.75 Å². The SMILES string of the molecule is COc1ccc(C)cc1NC(=O)CSC(c1ccccc1)c1ccccc1. The lowest BCUT2D eigenvalue weighted by molar-refractivity contribution is -0.113. The van der Waals surface area contributed by atoms with Gasteiger partial charge in [0.15, 0.2) is 0 Å². The highest BCUT2D eigenvalue weighted by molar-refractivity contribution is 8.00. The lowest BCUT2D eigenvalue weighted by Gasteiger charge is -2.18. The Kier molecular flexibility index (Phi) is 6.55. The molecule has 138 valence electrons. The molecule has 4 heteroatoms. The predicted molar refractivity (Wildman–Crippen MR) is 114 cm³/mol. The minimum Gasteiger partial charge on any atom is -0.495 e. The Balaban J connectivity index is 1.72. The number of methoxy groups -OCH3 is 1. The summed E-state index contributed by atoms with van der Waals surface area (Å²) < 4.78 is 5.34. The third-order valence-electron chi connectivity index (χ3n) is 4.21. The molecular formula is C23H23NO2S. The number of thioether (sulfide) groups is 1. The number of aryl methyl sites for hydroxylation is 1. The smallest absolute Gasteiger partial charge is 0.234 e. The van der Waals surface area contributed by atoms with Crippen LogP contribution in [0.1, 0.15) is 21.9 Å². The lowest BCUT2D eigenvalue weighted by Crippen LogP contribution is -2.16. The summed E-state index contributed by atoms with van der Waals surface area (Å²) in [5, 5.41) is 3.08. The average molecular weight is 378 g/mol. The van der Waals surface area contributed by atoms with Crippen LogP contribution in [-0.2, 0) is 4.79 Å². The fourth-order valence-corrected chi connectivity index (χ4v) is 3.99. The molecule has 0 aromatic heterocycles. The molecule has 0 fully saturated rings. The zero-order valence-corrected chi connectivity index (χ0v) is 16.3. The number of amides is 1. The maximum Gasteiger partial charge on any atom is 0.234 e. The topological polar surface area (TPSA) is 38.3 Å². The second-order valence-electron chi connectivity index (χ2n) is 6.26. The molecule has 0 saturated heterocycles. The van der Waals surface area contributed by atoms with Gasteiger partial charge in [-0.05, 0) is 35.7 Å². The summed E-state index contributed by atoms with van der Waals surface area (Å²) >= 11 is 1.62. The summed E-state index contributed by atoms with van der Waals surface area (Å²) in [5.41, 5.74) is 4.16. The van der Waals surface area contributed by atoms with Gasteiger partial charge in [-0.3, -0.25) is 4.79 Å². The summed E-state index contributed by atoms with van der Waals surface area (Å²) in [7, 11) is 1.61. The van der Waals surface area contributed by atoms with Gasteiger partial charge in [0.25, 0.3) is 0 Å². The molecule has 3 nitrogen and oxygen atoms in total. The number of hydrogen-bond donors (Lipinski definition) is 1. The molecule has 3 rings (SSSR count). The van der Waals surface area contributed by atoms with Gasteiger partial charge in [0.2, 0.25) is 5.91 Å². The molecule has 0 aliphatic rings. The number of carbonyl (C=O) groups excluding carboxylic acids is 1. The van der Waals surface area contributed by atoms with Crippen molar-refractivity contribution in [2.75, 3.05) is 18.2 Å². The minimum absolute atomic E-state index is 0.0410. The fourth-order valence-electron chi connectivity index (χ4n) is 2.91. The number of hydrogen-bond acceptors (Lipinski definition) is 3. The van der Waals surface area contributed by atoms with E-state index < -0.39 is 0 Å². The molecule has 0 heterocycles. The molecule has 3 aromatic carbocycles.